The fourth-order valence-electron chi connectivity index (χ4n) is 3.33. The highest BCUT2D eigenvalue weighted by atomic mass is 19.4. The number of nitrogens with zero attached hydrogens (tertiary/aromatic N) is 4. The number of pyridine rings is 1. The minimum atomic E-state index is -4.98. The van der Waals surface area contributed by atoms with Gasteiger partial charge in [0.15, 0.2) is 0 Å². The first kappa shape index (κ1) is 30.0. The Bertz CT molecular complexity index is 892. The maximum atomic E-state index is 12.6. The number of amides is 2. The highest BCUT2D eigenvalue weighted by Crippen LogP contribution is 2.26. The van der Waals surface area contributed by atoms with E-state index in [9.17, 15) is 32.7 Å². The van der Waals surface area contributed by atoms with Crippen LogP contribution in [-0.2, 0) is 16.1 Å². The predicted molar refractivity (Wildman–Crippen MR) is 125 cm³/mol. The molecule has 0 saturated heterocycles. The molecular weight excluding hydrogens is 467 g/mol. The first-order valence-corrected chi connectivity index (χ1v) is 11.1. The third kappa shape index (κ3) is 9.65. The lowest BCUT2D eigenvalue weighted by Gasteiger charge is -2.23. The van der Waals surface area contributed by atoms with E-state index in [1.54, 1.807) is 4.90 Å². The molecule has 0 aliphatic heterocycles. The quantitative estimate of drug-likeness (QED) is 0.376. The molecule has 1 aromatic heterocycles. The van der Waals surface area contributed by atoms with E-state index in [1.165, 1.54) is 18.3 Å². The number of carboxylic acid groups (broad SMARTS) is 1. The van der Waals surface area contributed by atoms with Crippen molar-refractivity contribution in [3.63, 3.8) is 0 Å². The Hall–Kier alpha value is -2.99. The van der Waals surface area contributed by atoms with Crippen LogP contribution in [0.25, 0.3) is 0 Å². The molecule has 0 spiro atoms. The predicted octanol–water partition coefficient (Wildman–Crippen LogP) is 1.96. The van der Waals surface area contributed by atoms with Gasteiger partial charge in [0.05, 0.1) is 17.8 Å². The number of alkyl halides is 3. The summed E-state index contributed by atoms with van der Waals surface area (Å²) >= 11 is 0. The average molecular weight is 502 g/mol. The number of rotatable bonds is 14. The van der Waals surface area contributed by atoms with Gasteiger partial charge >= 0.3 is 18.1 Å². The largest absolute Gasteiger partial charge is 0.478 e. The molecule has 0 radical (unpaired) electrons. The minimum absolute atomic E-state index is 0.0374. The van der Waals surface area contributed by atoms with Gasteiger partial charge in [-0.05, 0) is 39.1 Å². The number of aromatic carboxylic acids is 1. The molecule has 12 heteroatoms. The fourth-order valence-corrected chi connectivity index (χ4v) is 3.33. The standard InChI is InChI=1S/C23H34F3N5O4/c1-6-16(8-9-30(5)22(35)23(24,25)26)19-14-28-17(12-18(19)21(33)34)13-27-15-20(32)31(7-2)11-10-29(3)4/h6,12,14,16,27H,1,7-11,13,15H2,2-5H3,(H,33,34). The summed E-state index contributed by atoms with van der Waals surface area (Å²) in [6, 6.07) is 1.36. The van der Waals surface area contributed by atoms with Gasteiger partial charge in [0, 0.05) is 51.9 Å². The smallest absolute Gasteiger partial charge is 0.471 e. The summed E-state index contributed by atoms with van der Waals surface area (Å²) in [5, 5.41) is 12.6. The van der Waals surface area contributed by atoms with E-state index >= 15 is 0 Å². The number of hydrogen-bond acceptors (Lipinski definition) is 6. The number of carbonyl (C=O) groups is 3. The highest BCUT2D eigenvalue weighted by Gasteiger charge is 2.41. The van der Waals surface area contributed by atoms with Crippen LogP contribution in [0.4, 0.5) is 13.2 Å². The molecular formula is C23H34F3N5O4. The number of allylic oxidation sites excluding steroid dienone is 1. The second kappa shape index (κ2) is 13.8. The maximum absolute atomic E-state index is 12.6. The second-order valence-corrected chi connectivity index (χ2v) is 8.30. The molecule has 0 aliphatic carbocycles. The molecule has 0 aliphatic rings. The van der Waals surface area contributed by atoms with Crippen molar-refractivity contribution in [3.8, 4) is 0 Å². The zero-order chi connectivity index (χ0) is 26.8. The van der Waals surface area contributed by atoms with Gasteiger partial charge in [0.25, 0.3) is 0 Å². The van der Waals surface area contributed by atoms with Crippen LogP contribution in [0, 0.1) is 0 Å². The van der Waals surface area contributed by atoms with Crippen molar-refractivity contribution < 1.29 is 32.7 Å². The minimum Gasteiger partial charge on any atom is -0.478 e. The van der Waals surface area contributed by atoms with Crippen LogP contribution in [-0.4, -0.2) is 103 Å². The first-order chi connectivity index (χ1) is 16.3. The Morgan fingerprint density at radius 2 is 1.86 bits per heavy atom. The van der Waals surface area contributed by atoms with Gasteiger partial charge in [-0.2, -0.15) is 13.2 Å². The van der Waals surface area contributed by atoms with E-state index < -0.39 is 24.0 Å². The molecule has 1 heterocycles. The summed E-state index contributed by atoms with van der Waals surface area (Å²) in [5.41, 5.74) is 0.600. The number of hydrogen-bond donors (Lipinski definition) is 2. The topological polar surface area (TPSA) is 106 Å². The second-order valence-electron chi connectivity index (χ2n) is 8.30. The maximum Gasteiger partial charge on any atom is 0.471 e. The van der Waals surface area contributed by atoms with Crippen molar-refractivity contribution in [3.05, 3.63) is 41.7 Å². The summed E-state index contributed by atoms with van der Waals surface area (Å²) in [6.07, 6.45) is -2.19. The van der Waals surface area contributed by atoms with Crippen molar-refractivity contribution in [1.82, 2.24) is 25.0 Å². The number of nitrogens with one attached hydrogen (secondary N) is 1. The van der Waals surface area contributed by atoms with Gasteiger partial charge in [-0.1, -0.05) is 6.08 Å². The molecule has 2 N–H and O–H groups in total. The third-order valence-corrected chi connectivity index (χ3v) is 5.40. The molecule has 0 bridgehead atoms. The van der Waals surface area contributed by atoms with Crippen LogP contribution in [0.1, 0.15) is 40.9 Å². The molecule has 0 fully saturated rings. The van der Waals surface area contributed by atoms with Crippen LogP contribution < -0.4 is 5.32 Å². The monoisotopic (exact) mass is 501 g/mol. The van der Waals surface area contributed by atoms with E-state index in [4.69, 9.17) is 0 Å². The summed E-state index contributed by atoms with van der Waals surface area (Å²) < 4.78 is 37.8. The summed E-state index contributed by atoms with van der Waals surface area (Å²) in [7, 11) is 4.87. The van der Waals surface area contributed by atoms with E-state index in [0.717, 1.165) is 13.6 Å². The summed E-state index contributed by atoms with van der Waals surface area (Å²) in [5.74, 6) is -3.92. The number of halogens is 3. The molecule has 196 valence electrons. The lowest BCUT2D eigenvalue weighted by molar-refractivity contribution is -0.184. The lowest BCUT2D eigenvalue weighted by atomic mass is 9.92. The van der Waals surface area contributed by atoms with Gasteiger partial charge in [0.2, 0.25) is 5.91 Å². The number of aromatic nitrogens is 1. The summed E-state index contributed by atoms with van der Waals surface area (Å²) in [6.45, 7) is 7.38. The normalized spacial score (nSPS) is 12.3. The van der Waals surface area contributed by atoms with Crippen molar-refractivity contribution in [1.29, 1.82) is 0 Å². The fraction of sp³-hybridized carbons (Fsp3) is 0.565. The molecule has 0 saturated carbocycles. The zero-order valence-electron chi connectivity index (χ0n) is 20.6. The van der Waals surface area contributed by atoms with Gasteiger partial charge in [0.1, 0.15) is 0 Å². The van der Waals surface area contributed by atoms with Gasteiger partial charge in [-0.3, -0.25) is 14.6 Å². The van der Waals surface area contributed by atoms with Crippen molar-refractivity contribution in [2.45, 2.75) is 32.0 Å². The SMILES string of the molecule is C=CC(CCN(C)C(=O)C(F)(F)F)c1cnc(CNCC(=O)N(CC)CCN(C)C)cc1C(=O)O. The Kier molecular flexibility index (Phi) is 11.8. The molecule has 0 aromatic carbocycles. The van der Waals surface area contributed by atoms with E-state index in [2.05, 4.69) is 16.9 Å². The van der Waals surface area contributed by atoms with Crippen LogP contribution in [0.15, 0.2) is 24.9 Å². The van der Waals surface area contributed by atoms with Gasteiger partial charge < -0.3 is 25.1 Å². The Morgan fingerprint density at radius 1 is 1.20 bits per heavy atom. The molecule has 2 amide bonds. The average Bonchev–Trinajstić information content (AvgIpc) is 2.78. The van der Waals surface area contributed by atoms with E-state index in [1.807, 2.05) is 25.9 Å². The Morgan fingerprint density at radius 3 is 2.37 bits per heavy atom. The van der Waals surface area contributed by atoms with Crippen molar-refractivity contribution in [2.24, 2.45) is 0 Å². The van der Waals surface area contributed by atoms with Crippen molar-refractivity contribution >= 4 is 17.8 Å². The van der Waals surface area contributed by atoms with Gasteiger partial charge in [-0.25, -0.2) is 4.79 Å². The number of likely N-dealkylation sites (N-methyl/N-ethyl adjacent to an activating group) is 2. The van der Waals surface area contributed by atoms with Crippen LogP contribution in [0.3, 0.4) is 0 Å². The van der Waals surface area contributed by atoms with Crippen molar-refractivity contribution in [2.75, 3.05) is 53.9 Å². The molecule has 9 nitrogen and oxygen atoms in total. The number of carbonyl (C=O) groups excluding carboxylic acids is 2. The Balaban J connectivity index is 2.84. The zero-order valence-corrected chi connectivity index (χ0v) is 20.6. The number of carboxylic acids is 1. The lowest BCUT2D eigenvalue weighted by Crippen LogP contribution is -2.41. The first-order valence-electron chi connectivity index (χ1n) is 11.1. The molecule has 35 heavy (non-hydrogen) atoms. The third-order valence-electron chi connectivity index (χ3n) is 5.40. The highest BCUT2D eigenvalue weighted by molar-refractivity contribution is 5.89. The van der Waals surface area contributed by atoms with Crippen LogP contribution in [0.5, 0.6) is 0 Å². The van der Waals surface area contributed by atoms with Gasteiger partial charge in [-0.15, -0.1) is 6.58 Å². The van der Waals surface area contributed by atoms with E-state index in [-0.39, 0.29) is 43.1 Å². The molecule has 1 atom stereocenters. The molecule has 1 rings (SSSR count). The van der Waals surface area contributed by atoms with E-state index in [0.29, 0.717) is 23.7 Å². The molecule has 1 aromatic rings. The Labute approximate surface area is 203 Å². The molecule has 1 unspecified atom stereocenters. The van der Waals surface area contributed by atoms with Crippen LogP contribution >= 0.6 is 0 Å². The van der Waals surface area contributed by atoms with Crippen LogP contribution in [0.2, 0.25) is 0 Å². The summed E-state index contributed by atoms with van der Waals surface area (Å²) in [4.78, 5) is 44.0.